The third-order valence-corrected chi connectivity index (χ3v) is 7.84. The molecule has 3 aromatic carbocycles. The van der Waals surface area contributed by atoms with Crippen molar-refractivity contribution in [2.45, 2.75) is 50.5 Å². The van der Waals surface area contributed by atoms with Crippen LogP contribution in [0.5, 0.6) is 0 Å². The van der Waals surface area contributed by atoms with Crippen molar-refractivity contribution in [1.82, 2.24) is 20.9 Å². The summed E-state index contributed by atoms with van der Waals surface area (Å²) in [7, 11) is 0. The minimum Gasteiger partial charge on any atom is -0.361 e. The van der Waals surface area contributed by atoms with E-state index in [1.807, 2.05) is 67.6 Å². The molecule has 0 bridgehead atoms. The van der Waals surface area contributed by atoms with Crippen molar-refractivity contribution < 1.29 is 27.6 Å². The monoisotopic (exact) mass is 602 g/mol. The first-order valence-corrected chi connectivity index (χ1v) is 14.4. The highest BCUT2D eigenvalue weighted by molar-refractivity contribution is 5.90. The Balaban J connectivity index is 1.48. The Morgan fingerprint density at radius 2 is 1.50 bits per heavy atom. The molecule has 4 aromatic rings. The van der Waals surface area contributed by atoms with Crippen LogP contribution in [0.1, 0.15) is 54.1 Å². The fourth-order valence-corrected chi connectivity index (χ4v) is 5.51. The Kier molecular flexibility index (Phi) is 9.18. The summed E-state index contributed by atoms with van der Waals surface area (Å²) in [4.78, 5) is 43.5. The zero-order chi connectivity index (χ0) is 31.3. The molecule has 0 spiro atoms. The van der Waals surface area contributed by atoms with Crippen LogP contribution in [0.15, 0.2) is 97.2 Å². The zero-order valence-electron chi connectivity index (χ0n) is 24.0. The van der Waals surface area contributed by atoms with Gasteiger partial charge in [0, 0.05) is 29.9 Å². The van der Waals surface area contributed by atoms with Crippen molar-refractivity contribution in [1.29, 1.82) is 0 Å². The number of H-pyrrole nitrogens is 1. The molecule has 0 radical (unpaired) electrons. The van der Waals surface area contributed by atoms with Gasteiger partial charge in [0.15, 0.2) is 0 Å². The van der Waals surface area contributed by atoms with Crippen molar-refractivity contribution in [3.05, 3.63) is 119 Å². The second kappa shape index (κ2) is 13.2. The number of aromatic nitrogens is 1. The Hall–Kier alpha value is -4.86. The maximum Gasteiger partial charge on any atom is 0.416 e. The number of alkyl halides is 3. The van der Waals surface area contributed by atoms with E-state index in [-0.39, 0.29) is 37.0 Å². The summed E-state index contributed by atoms with van der Waals surface area (Å²) < 4.78 is 39.5. The van der Waals surface area contributed by atoms with E-state index in [1.54, 1.807) is 12.3 Å². The molecular formula is C34H33F3N4O3. The predicted molar refractivity (Wildman–Crippen MR) is 161 cm³/mol. The zero-order valence-corrected chi connectivity index (χ0v) is 24.0. The van der Waals surface area contributed by atoms with Gasteiger partial charge in [0.25, 0.3) is 0 Å². The molecule has 0 saturated carbocycles. The highest BCUT2D eigenvalue weighted by atomic mass is 19.4. The first-order chi connectivity index (χ1) is 21.1. The van der Waals surface area contributed by atoms with Gasteiger partial charge in [0.2, 0.25) is 17.7 Å². The van der Waals surface area contributed by atoms with E-state index in [1.165, 1.54) is 12.1 Å². The smallest absolute Gasteiger partial charge is 0.361 e. The first-order valence-electron chi connectivity index (χ1n) is 14.4. The van der Waals surface area contributed by atoms with Crippen LogP contribution in [0.2, 0.25) is 0 Å². The number of halogens is 3. The van der Waals surface area contributed by atoms with Gasteiger partial charge in [-0.3, -0.25) is 14.4 Å². The lowest BCUT2D eigenvalue weighted by Crippen LogP contribution is -2.50. The van der Waals surface area contributed by atoms with Crippen LogP contribution in [-0.2, 0) is 27.0 Å². The Bertz CT molecular complexity index is 1650. The van der Waals surface area contributed by atoms with Crippen molar-refractivity contribution in [3.8, 4) is 0 Å². The summed E-state index contributed by atoms with van der Waals surface area (Å²) in [5.74, 6) is -1.52. The van der Waals surface area contributed by atoms with Crippen LogP contribution in [0.4, 0.5) is 13.2 Å². The van der Waals surface area contributed by atoms with Gasteiger partial charge in [-0.15, -0.1) is 0 Å². The van der Waals surface area contributed by atoms with Gasteiger partial charge in [-0.2, -0.15) is 13.2 Å². The molecule has 10 heteroatoms. The van der Waals surface area contributed by atoms with Crippen molar-refractivity contribution in [3.63, 3.8) is 0 Å². The second-order valence-corrected chi connectivity index (χ2v) is 11.0. The van der Waals surface area contributed by atoms with Crippen LogP contribution >= 0.6 is 0 Å². The number of nitrogens with one attached hydrogen (secondary N) is 4. The first kappa shape index (κ1) is 30.6. The van der Waals surface area contributed by atoms with E-state index < -0.39 is 35.8 Å². The number of hydrogen-bond acceptors (Lipinski definition) is 3. The van der Waals surface area contributed by atoms with Gasteiger partial charge in [-0.1, -0.05) is 79.7 Å². The Morgan fingerprint density at radius 1 is 0.795 bits per heavy atom. The molecule has 0 saturated heterocycles. The van der Waals surface area contributed by atoms with E-state index >= 15 is 0 Å². The molecule has 0 aliphatic carbocycles. The molecule has 4 N–H and O–H groups in total. The molecule has 228 valence electrons. The third-order valence-electron chi connectivity index (χ3n) is 7.84. The fraction of sp³-hybridized carbons (Fsp3) is 0.265. The van der Waals surface area contributed by atoms with Crippen LogP contribution in [0.3, 0.4) is 0 Å². The molecular weight excluding hydrogens is 569 g/mol. The molecule has 5 rings (SSSR count). The number of fused-ring (bicyclic) bond motifs is 1. The number of carbonyl (C=O) groups excluding carboxylic acids is 3. The van der Waals surface area contributed by atoms with Gasteiger partial charge < -0.3 is 20.9 Å². The molecule has 7 nitrogen and oxygen atoms in total. The number of rotatable bonds is 4. The van der Waals surface area contributed by atoms with Crippen LogP contribution in [0.25, 0.3) is 10.9 Å². The van der Waals surface area contributed by atoms with Crippen LogP contribution in [0, 0.1) is 5.92 Å². The Labute approximate surface area is 252 Å². The molecule has 3 amide bonds. The number of aromatic amines is 1. The highest BCUT2D eigenvalue weighted by Gasteiger charge is 2.32. The molecule has 1 aromatic heterocycles. The molecule has 0 fully saturated rings. The molecule has 0 unspecified atom stereocenters. The number of para-hydroxylation sites is 1. The summed E-state index contributed by atoms with van der Waals surface area (Å²) in [6, 6.07) is 19.1. The van der Waals surface area contributed by atoms with Gasteiger partial charge in [0.1, 0.15) is 6.04 Å². The number of benzene rings is 3. The maximum atomic E-state index is 13.9. The van der Waals surface area contributed by atoms with Crippen LogP contribution < -0.4 is 16.0 Å². The summed E-state index contributed by atoms with van der Waals surface area (Å²) in [6.45, 7) is 1.93. The van der Waals surface area contributed by atoms with E-state index in [4.69, 9.17) is 0 Å². The average molecular weight is 603 g/mol. The maximum absolute atomic E-state index is 13.9. The van der Waals surface area contributed by atoms with Gasteiger partial charge in [-0.25, -0.2) is 0 Å². The van der Waals surface area contributed by atoms with Crippen molar-refractivity contribution in [2.75, 3.05) is 0 Å². The molecule has 1 aliphatic rings. The molecule has 1 aliphatic heterocycles. The van der Waals surface area contributed by atoms with E-state index in [9.17, 15) is 27.6 Å². The highest BCUT2D eigenvalue weighted by Crippen LogP contribution is 2.31. The number of carbonyl (C=O) groups is 3. The summed E-state index contributed by atoms with van der Waals surface area (Å²) in [5, 5.41) is 9.67. The van der Waals surface area contributed by atoms with Gasteiger partial charge in [-0.05, 0) is 40.8 Å². The summed E-state index contributed by atoms with van der Waals surface area (Å²) >= 11 is 0. The van der Waals surface area contributed by atoms with E-state index in [2.05, 4.69) is 20.9 Å². The van der Waals surface area contributed by atoms with Gasteiger partial charge in [0.05, 0.1) is 24.1 Å². The third kappa shape index (κ3) is 7.37. The fourth-order valence-electron chi connectivity index (χ4n) is 5.51. The normalized spacial score (nSPS) is 22.9. The predicted octanol–water partition coefficient (Wildman–Crippen LogP) is 5.92. The lowest BCUT2D eigenvalue weighted by atomic mass is 9.92. The average Bonchev–Trinajstić information content (AvgIpc) is 3.41. The minimum absolute atomic E-state index is 0.0122. The van der Waals surface area contributed by atoms with E-state index in [0.29, 0.717) is 5.56 Å². The molecule has 2 heterocycles. The Morgan fingerprint density at radius 3 is 2.23 bits per heavy atom. The van der Waals surface area contributed by atoms with Gasteiger partial charge >= 0.3 is 6.18 Å². The second-order valence-electron chi connectivity index (χ2n) is 11.0. The molecule has 4 atom stereocenters. The number of amides is 3. The lowest BCUT2D eigenvalue weighted by Gasteiger charge is -2.28. The SMILES string of the molecule is C[C@H]1/C=C/CC(=O)N[C@H](c2ccc(C(F)(F)F)cc2)CC(=O)N[C@@H](Cc2c[nH]c3ccccc23)C(=O)N[C@H]1c1ccccc1. The minimum atomic E-state index is -4.52. The largest absolute Gasteiger partial charge is 0.416 e. The number of hydrogen-bond donors (Lipinski definition) is 4. The topological polar surface area (TPSA) is 103 Å². The quantitative estimate of drug-likeness (QED) is 0.218. The van der Waals surface area contributed by atoms with E-state index in [0.717, 1.165) is 34.2 Å². The van der Waals surface area contributed by atoms with Crippen molar-refractivity contribution >= 4 is 28.6 Å². The summed E-state index contributed by atoms with van der Waals surface area (Å²) in [5.41, 5.74) is 2.10. The lowest BCUT2D eigenvalue weighted by molar-refractivity contribution is -0.137. The molecule has 44 heavy (non-hydrogen) atoms. The standard InChI is InChI=1S/C34H33F3N4O3/c1-21-8-7-13-30(42)39-28(22-14-16-25(17-15-22)34(35,36)37)19-31(43)40-29(18-24-20-38-27-12-6-5-11-26(24)27)33(44)41-32(21)23-9-3-2-4-10-23/h2-12,14-17,20-21,28-29,32,38H,13,18-19H2,1H3,(H,39,42)(H,40,43)(H,41,44)/b8-7+/t21-,28-,29-,32+/m0/s1. The van der Waals surface area contributed by atoms with Crippen molar-refractivity contribution in [2.24, 2.45) is 5.92 Å². The van der Waals surface area contributed by atoms with Crippen LogP contribution in [-0.4, -0.2) is 28.7 Å². The summed E-state index contributed by atoms with van der Waals surface area (Å²) in [6.07, 6.45) is 0.722.